The number of aromatic nitrogens is 2. The lowest BCUT2D eigenvalue weighted by molar-refractivity contribution is 0.514. The fourth-order valence-corrected chi connectivity index (χ4v) is 3.08. The average molecular weight is 325 g/mol. The van der Waals surface area contributed by atoms with Crippen molar-refractivity contribution in [2.45, 2.75) is 26.2 Å². The molecule has 2 aromatic heterocycles. The molecular formula is C19H17ClN2O. The van der Waals surface area contributed by atoms with E-state index < -0.39 is 0 Å². The molecule has 0 radical (unpaired) electrons. The third-order valence-electron chi connectivity index (χ3n) is 4.01. The zero-order chi connectivity index (χ0) is 16.2. The molecule has 0 spiro atoms. The molecule has 23 heavy (non-hydrogen) atoms. The van der Waals surface area contributed by atoms with Crippen molar-refractivity contribution in [3.05, 3.63) is 59.2 Å². The second kappa shape index (κ2) is 4.87. The normalized spacial score (nSPS) is 12.3. The van der Waals surface area contributed by atoms with Gasteiger partial charge in [-0.2, -0.15) is 4.98 Å². The van der Waals surface area contributed by atoms with Crippen LogP contribution in [0.4, 0.5) is 0 Å². The van der Waals surface area contributed by atoms with Gasteiger partial charge in [0.25, 0.3) is 0 Å². The van der Waals surface area contributed by atoms with Crippen LogP contribution in [0.3, 0.4) is 0 Å². The maximum atomic E-state index is 6.16. The van der Waals surface area contributed by atoms with Gasteiger partial charge in [-0.1, -0.05) is 44.5 Å². The van der Waals surface area contributed by atoms with Crippen molar-refractivity contribution < 1.29 is 4.42 Å². The summed E-state index contributed by atoms with van der Waals surface area (Å²) in [6, 6.07) is 16.5. The number of oxazole rings is 1. The minimum atomic E-state index is -0.0495. The Hall–Kier alpha value is -2.26. The third kappa shape index (κ3) is 2.32. The number of benzene rings is 2. The first-order valence-corrected chi connectivity index (χ1v) is 7.99. The van der Waals surface area contributed by atoms with Crippen LogP contribution in [0.2, 0.25) is 5.02 Å². The summed E-state index contributed by atoms with van der Waals surface area (Å²) < 4.78 is 8.09. The maximum absolute atomic E-state index is 6.16. The van der Waals surface area contributed by atoms with E-state index in [0.717, 1.165) is 32.7 Å². The molecule has 2 heterocycles. The molecule has 0 fully saturated rings. The van der Waals surface area contributed by atoms with Crippen LogP contribution in [0.15, 0.2) is 52.9 Å². The van der Waals surface area contributed by atoms with Crippen LogP contribution in [-0.4, -0.2) is 9.55 Å². The molecule has 0 amide bonds. The lowest BCUT2D eigenvalue weighted by atomic mass is 9.92. The molecule has 0 unspecified atom stereocenters. The molecule has 116 valence electrons. The van der Waals surface area contributed by atoms with E-state index in [1.165, 1.54) is 0 Å². The highest BCUT2D eigenvalue weighted by Crippen LogP contribution is 2.34. The summed E-state index contributed by atoms with van der Waals surface area (Å²) in [5.41, 5.74) is 3.79. The summed E-state index contributed by atoms with van der Waals surface area (Å²) in [6.07, 6.45) is 0. The first-order valence-electron chi connectivity index (χ1n) is 7.61. The van der Waals surface area contributed by atoms with Gasteiger partial charge < -0.3 is 4.42 Å². The Balaban J connectivity index is 2.07. The zero-order valence-electron chi connectivity index (χ0n) is 13.3. The van der Waals surface area contributed by atoms with Gasteiger partial charge in [0.2, 0.25) is 0 Å². The minimum Gasteiger partial charge on any atom is -0.423 e. The number of para-hydroxylation sites is 2. The summed E-state index contributed by atoms with van der Waals surface area (Å²) in [5.74, 6) is 0. The van der Waals surface area contributed by atoms with Crippen LogP contribution in [-0.2, 0) is 5.41 Å². The standard InChI is InChI=1S/C19H17ClN2O/c1-19(2,3)17-11-12-10-13(20)8-9-15(12)22(17)18-21-14-6-4-5-7-16(14)23-18/h4-11H,1-3H3. The van der Waals surface area contributed by atoms with E-state index in [1.54, 1.807) is 0 Å². The van der Waals surface area contributed by atoms with E-state index in [-0.39, 0.29) is 5.41 Å². The molecule has 0 saturated heterocycles. The highest BCUT2D eigenvalue weighted by atomic mass is 35.5. The van der Waals surface area contributed by atoms with Gasteiger partial charge >= 0.3 is 6.01 Å². The second-order valence-electron chi connectivity index (χ2n) is 6.78. The van der Waals surface area contributed by atoms with Gasteiger partial charge in [0.1, 0.15) is 5.52 Å². The fourth-order valence-electron chi connectivity index (χ4n) is 2.90. The zero-order valence-corrected chi connectivity index (χ0v) is 14.1. The average Bonchev–Trinajstić information content (AvgIpc) is 3.06. The third-order valence-corrected chi connectivity index (χ3v) is 4.24. The molecule has 0 atom stereocenters. The van der Waals surface area contributed by atoms with Crippen molar-refractivity contribution in [3.63, 3.8) is 0 Å². The quantitative estimate of drug-likeness (QED) is 0.448. The lowest BCUT2D eigenvalue weighted by Gasteiger charge is -2.20. The van der Waals surface area contributed by atoms with Gasteiger partial charge in [-0.3, -0.25) is 4.57 Å². The number of halogens is 1. The number of nitrogens with zero attached hydrogens (tertiary/aromatic N) is 2. The Morgan fingerprint density at radius 2 is 1.83 bits per heavy atom. The van der Waals surface area contributed by atoms with Crippen molar-refractivity contribution >= 4 is 33.6 Å². The Bertz CT molecular complexity index is 988. The Labute approximate surface area is 139 Å². The molecule has 4 rings (SSSR count). The molecule has 0 aliphatic carbocycles. The molecule has 0 bridgehead atoms. The maximum Gasteiger partial charge on any atom is 0.307 e. The molecule has 3 nitrogen and oxygen atoms in total. The first kappa shape index (κ1) is 14.3. The van der Waals surface area contributed by atoms with Gasteiger partial charge in [0, 0.05) is 21.5 Å². The smallest absolute Gasteiger partial charge is 0.307 e. The van der Waals surface area contributed by atoms with Crippen LogP contribution in [0.25, 0.3) is 28.0 Å². The van der Waals surface area contributed by atoms with Gasteiger partial charge in [-0.15, -0.1) is 0 Å². The molecule has 4 aromatic rings. The predicted octanol–water partition coefficient (Wildman–Crippen LogP) is 5.72. The van der Waals surface area contributed by atoms with Crippen molar-refractivity contribution in [1.29, 1.82) is 0 Å². The lowest BCUT2D eigenvalue weighted by Crippen LogP contribution is -2.16. The molecule has 4 heteroatoms. The number of hydrogen-bond acceptors (Lipinski definition) is 2. The fraction of sp³-hybridized carbons (Fsp3) is 0.211. The second-order valence-corrected chi connectivity index (χ2v) is 7.22. The van der Waals surface area contributed by atoms with Gasteiger partial charge in [0.05, 0.1) is 5.52 Å². The molecule has 0 N–H and O–H groups in total. The van der Waals surface area contributed by atoms with Crippen LogP contribution in [0, 0.1) is 0 Å². The topological polar surface area (TPSA) is 31.0 Å². The van der Waals surface area contributed by atoms with E-state index in [4.69, 9.17) is 16.0 Å². The van der Waals surface area contributed by atoms with E-state index in [2.05, 4.69) is 36.4 Å². The Kier molecular flexibility index (Phi) is 3.03. The van der Waals surface area contributed by atoms with Crippen LogP contribution < -0.4 is 0 Å². The van der Waals surface area contributed by atoms with Crippen molar-refractivity contribution in [2.75, 3.05) is 0 Å². The Morgan fingerprint density at radius 3 is 2.57 bits per heavy atom. The summed E-state index contributed by atoms with van der Waals surface area (Å²) in [4.78, 5) is 4.67. The summed E-state index contributed by atoms with van der Waals surface area (Å²) in [7, 11) is 0. The van der Waals surface area contributed by atoms with Crippen molar-refractivity contribution in [1.82, 2.24) is 9.55 Å². The monoisotopic (exact) mass is 324 g/mol. The van der Waals surface area contributed by atoms with Gasteiger partial charge in [-0.25, -0.2) is 0 Å². The van der Waals surface area contributed by atoms with Gasteiger partial charge in [0.15, 0.2) is 5.58 Å². The van der Waals surface area contributed by atoms with E-state index in [0.29, 0.717) is 6.01 Å². The van der Waals surface area contributed by atoms with E-state index in [1.807, 2.05) is 42.5 Å². The van der Waals surface area contributed by atoms with Crippen molar-refractivity contribution in [2.24, 2.45) is 0 Å². The minimum absolute atomic E-state index is 0.0495. The SMILES string of the molecule is CC(C)(C)c1cc2cc(Cl)ccc2n1-c1nc2ccccc2o1. The largest absolute Gasteiger partial charge is 0.423 e. The summed E-state index contributed by atoms with van der Waals surface area (Å²) in [5, 5.41) is 1.82. The van der Waals surface area contributed by atoms with E-state index in [9.17, 15) is 0 Å². The Morgan fingerprint density at radius 1 is 1.04 bits per heavy atom. The number of fused-ring (bicyclic) bond motifs is 2. The van der Waals surface area contributed by atoms with Crippen molar-refractivity contribution in [3.8, 4) is 6.01 Å². The van der Waals surface area contributed by atoms with Crippen LogP contribution >= 0.6 is 11.6 Å². The molecule has 0 aliphatic heterocycles. The number of rotatable bonds is 1. The summed E-state index contributed by atoms with van der Waals surface area (Å²) >= 11 is 6.16. The highest BCUT2D eigenvalue weighted by Gasteiger charge is 2.24. The van der Waals surface area contributed by atoms with Gasteiger partial charge in [-0.05, 0) is 36.4 Å². The highest BCUT2D eigenvalue weighted by molar-refractivity contribution is 6.31. The number of hydrogen-bond donors (Lipinski definition) is 0. The molecule has 0 aliphatic rings. The molecule has 2 aromatic carbocycles. The first-order chi connectivity index (χ1) is 10.9. The van der Waals surface area contributed by atoms with Crippen LogP contribution in [0.5, 0.6) is 0 Å². The molecular weight excluding hydrogens is 308 g/mol. The van der Waals surface area contributed by atoms with Crippen LogP contribution in [0.1, 0.15) is 26.5 Å². The summed E-state index contributed by atoms with van der Waals surface area (Å²) in [6.45, 7) is 6.55. The predicted molar refractivity (Wildman–Crippen MR) is 94.6 cm³/mol. The van der Waals surface area contributed by atoms with E-state index >= 15 is 0 Å². The molecule has 0 saturated carbocycles.